The van der Waals surface area contributed by atoms with Crippen molar-refractivity contribution in [3.63, 3.8) is 0 Å². The molecule has 0 saturated carbocycles. The normalized spacial score (nSPS) is 10.3. The summed E-state index contributed by atoms with van der Waals surface area (Å²) in [4.78, 5) is 11.8. The minimum absolute atomic E-state index is 0.0800. The molecular formula is C16H16ClFN2O. The molecule has 0 aromatic heterocycles. The average Bonchev–Trinajstić information content (AvgIpc) is 2.44. The van der Waals surface area contributed by atoms with Gasteiger partial charge in [-0.2, -0.15) is 0 Å². The van der Waals surface area contributed by atoms with E-state index >= 15 is 0 Å². The summed E-state index contributed by atoms with van der Waals surface area (Å²) in [6.45, 7) is 3.67. The van der Waals surface area contributed by atoms with Crippen molar-refractivity contribution in [2.45, 2.75) is 13.8 Å². The lowest BCUT2D eigenvalue weighted by Crippen LogP contribution is -2.22. The van der Waals surface area contributed by atoms with E-state index in [1.807, 2.05) is 13.0 Å². The predicted octanol–water partition coefficient (Wildman–Crippen LogP) is 4.15. The standard InChI is InChI=1S/C16H16ClFN2O/c1-10-4-6-13(8-14(10)18)20-16(21)9-19-15-7-12(17)5-3-11(15)2/h3-8,19H,9H2,1-2H3,(H,20,21). The summed E-state index contributed by atoms with van der Waals surface area (Å²) in [6.07, 6.45) is 0. The van der Waals surface area contributed by atoms with Crippen LogP contribution in [0.3, 0.4) is 0 Å². The molecule has 21 heavy (non-hydrogen) atoms. The van der Waals surface area contributed by atoms with Gasteiger partial charge in [0.15, 0.2) is 0 Å². The van der Waals surface area contributed by atoms with E-state index in [0.717, 1.165) is 11.3 Å². The minimum atomic E-state index is -0.341. The second-order valence-corrected chi connectivity index (χ2v) is 5.26. The van der Waals surface area contributed by atoms with Crippen LogP contribution < -0.4 is 10.6 Å². The van der Waals surface area contributed by atoms with E-state index in [1.54, 1.807) is 31.2 Å². The number of hydrogen-bond acceptors (Lipinski definition) is 2. The molecule has 0 atom stereocenters. The molecule has 2 N–H and O–H groups in total. The molecule has 0 heterocycles. The molecule has 0 bridgehead atoms. The summed E-state index contributed by atoms with van der Waals surface area (Å²) in [5.74, 6) is -0.593. The number of rotatable bonds is 4. The number of hydrogen-bond donors (Lipinski definition) is 2. The van der Waals surface area contributed by atoms with Gasteiger partial charge in [-0.05, 0) is 49.2 Å². The second kappa shape index (κ2) is 6.59. The van der Waals surface area contributed by atoms with Gasteiger partial charge in [0, 0.05) is 16.4 Å². The number of aryl methyl sites for hydroxylation is 2. The van der Waals surface area contributed by atoms with Crippen LogP contribution in [0.1, 0.15) is 11.1 Å². The van der Waals surface area contributed by atoms with Crippen LogP contribution in [0.25, 0.3) is 0 Å². The van der Waals surface area contributed by atoms with E-state index in [0.29, 0.717) is 16.3 Å². The maximum atomic E-state index is 13.4. The first-order valence-corrected chi connectivity index (χ1v) is 6.89. The fourth-order valence-corrected chi connectivity index (χ4v) is 2.01. The molecule has 3 nitrogen and oxygen atoms in total. The maximum Gasteiger partial charge on any atom is 0.243 e. The SMILES string of the molecule is Cc1ccc(NC(=O)CNc2cc(Cl)ccc2C)cc1F. The summed E-state index contributed by atoms with van der Waals surface area (Å²) in [7, 11) is 0. The molecule has 0 fully saturated rings. The quantitative estimate of drug-likeness (QED) is 0.891. The number of halogens is 2. The van der Waals surface area contributed by atoms with Crippen LogP contribution in [0, 0.1) is 19.7 Å². The van der Waals surface area contributed by atoms with E-state index in [-0.39, 0.29) is 18.3 Å². The van der Waals surface area contributed by atoms with Crippen molar-refractivity contribution in [1.82, 2.24) is 0 Å². The van der Waals surface area contributed by atoms with E-state index in [2.05, 4.69) is 10.6 Å². The van der Waals surface area contributed by atoms with E-state index in [9.17, 15) is 9.18 Å². The first kappa shape index (κ1) is 15.3. The topological polar surface area (TPSA) is 41.1 Å². The lowest BCUT2D eigenvalue weighted by Gasteiger charge is -2.11. The van der Waals surface area contributed by atoms with Crippen molar-refractivity contribution in [2.24, 2.45) is 0 Å². The highest BCUT2D eigenvalue weighted by molar-refractivity contribution is 6.30. The summed E-state index contributed by atoms with van der Waals surface area (Å²) >= 11 is 5.91. The largest absolute Gasteiger partial charge is 0.376 e. The Morgan fingerprint density at radius 1 is 1.14 bits per heavy atom. The molecule has 2 aromatic carbocycles. The Hall–Kier alpha value is -2.07. The first-order chi connectivity index (χ1) is 9.95. The van der Waals surface area contributed by atoms with Crippen molar-refractivity contribution < 1.29 is 9.18 Å². The van der Waals surface area contributed by atoms with Crippen LogP contribution in [0.4, 0.5) is 15.8 Å². The van der Waals surface area contributed by atoms with Crippen molar-refractivity contribution in [1.29, 1.82) is 0 Å². The molecule has 110 valence electrons. The van der Waals surface area contributed by atoms with Crippen LogP contribution in [-0.2, 0) is 4.79 Å². The van der Waals surface area contributed by atoms with Crippen LogP contribution in [-0.4, -0.2) is 12.5 Å². The average molecular weight is 307 g/mol. The predicted molar refractivity (Wildman–Crippen MR) is 84.4 cm³/mol. The first-order valence-electron chi connectivity index (χ1n) is 6.52. The lowest BCUT2D eigenvalue weighted by atomic mass is 10.2. The fourth-order valence-electron chi connectivity index (χ4n) is 1.84. The molecule has 0 saturated heterocycles. The molecular weight excluding hydrogens is 291 g/mol. The Bertz CT molecular complexity index is 673. The van der Waals surface area contributed by atoms with Crippen molar-refractivity contribution in [2.75, 3.05) is 17.2 Å². The van der Waals surface area contributed by atoms with Gasteiger partial charge in [0.2, 0.25) is 5.91 Å². The highest BCUT2D eigenvalue weighted by atomic mass is 35.5. The number of carbonyl (C=O) groups is 1. The Balaban J connectivity index is 1.95. The zero-order valence-electron chi connectivity index (χ0n) is 11.8. The third-order valence-electron chi connectivity index (χ3n) is 3.09. The molecule has 5 heteroatoms. The van der Waals surface area contributed by atoms with E-state index in [4.69, 9.17) is 11.6 Å². The lowest BCUT2D eigenvalue weighted by molar-refractivity contribution is -0.114. The van der Waals surface area contributed by atoms with Crippen LogP contribution in [0.2, 0.25) is 5.02 Å². The molecule has 0 aliphatic carbocycles. The summed E-state index contributed by atoms with van der Waals surface area (Å²) in [5.41, 5.74) is 2.77. The van der Waals surface area contributed by atoms with Crippen molar-refractivity contribution >= 4 is 28.9 Å². The minimum Gasteiger partial charge on any atom is -0.376 e. The highest BCUT2D eigenvalue weighted by Gasteiger charge is 2.06. The van der Waals surface area contributed by atoms with Crippen LogP contribution in [0.5, 0.6) is 0 Å². The number of nitrogens with one attached hydrogen (secondary N) is 2. The molecule has 0 spiro atoms. The molecule has 0 aliphatic rings. The molecule has 2 aromatic rings. The molecule has 0 aliphatic heterocycles. The van der Waals surface area contributed by atoms with E-state index < -0.39 is 0 Å². The Morgan fingerprint density at radius 2 is 1.86 bits per heavy atom. The second-order valence-electron chi connectivity index (χ2n) is 4.82. The molecule has 0 radical (unpaired) electrons. The Morgan fingerprint density at radius 3 is 2.57 bits per heavy atom. The summed E-state index contributed by atoms with van der Waals surface area (Å²) < 4.78 is 13.4. The van der Waals surface area contributed by atoms with E-state index in [1.165, 1.54) is 6.07 Å². The molecule has 2 rings (SSSR count). The zero-order valence-corrected chi connectivity index (χ0v) is 12.6. The number of carbonyl (C=O) groups excluding carboxylic acids is 1. The van der Waals surface area contributed by atoms with Gasteiger partial charge in [-0.15, -0.1) is 0 Å². The number of amides is 1. The van der Waals surface area contributed by atoms with Crippen molar-refractivity contribution in [3.05, 3.63) is 58.4 Å². The number of anilines is 2. The maximum absolute atomic E-state index is 13.4. The third kappa shape index (κ3) is 4.20. The van der Waals surface area contributed by atoms with Gasteiger partial charge < -0.3 is 10.6 Å². The summed E-state index contributed by atoms with van der Waals surface area (Å²) in [5, 5.41) is 6.25. The molecule has 1 amide bonds. The van der Waals surface area contributed by atoms with Crippen molar-refractivity contribution in [3.8, 4) is 0 Å². The smallest absolute Gasteiger partial charge is 0.243 e. The Labute approximate surface area is 128 Å². The van der Waals surface area contributed by atoms with Gasteiger partial charge in [0.05, 0.1) is 6.54 Å². The number of benzene rings is 2. The van der Waals surface area contributed by atoms with Gasteiger partial charge in [-0.3, -0.25) is 4.79 Å². The summed E-state index contributed by atoms with van der Waals surface area (Å²) in [6, 6.07) is 10.0. The van der Waals surface area contributed by atoms with Gasteiger partial charge in [-0.25, -0.2) is 4.39 Å². The highest BCUT2D eigenvalue weighted by Crippen LogP contribution is 2.20. The monoisotopic (exact) mass is 306 g/mol. The third-order valence-corrected chi connectivity index (χ3v) is 3.33. The fraction of sp³-hybridized carbons (Fsp3) is 0.188. The van der Waals surface area contributed by atoms with Crippen LogP contribution in [0.15, 0.2) is 36.4 Å². The van der Waals surface area contributed by atoms with Gasteiger partial charge >= 0.3 is 0 Å². The molecule has 0 unspecified atom stereocenters. The Kier molecular flexibility index (Phi) is 4.81. The van der Waals surface area contributed by atoms with Gasteiger partial charge in [-0.1, -0.05) is 23.7 Å². The van der Waals surface area contributed by atoms with Crippen LogP contribution >= 0.6 is 11.6 Å². The zero-order chi connectivity index (χ0) is 15.4. The van der Waals surface area contributed by atoms with Gasteiger partial charge in [0.1, 0.15) is 5.82 Å². The van der Waals surface area contributed by atoms with Gasteiger partial charge in [0.25, 0.3) is 0 Å².